The number of hydrogen-bond donors (Lipinski definition) is 2. The Kier molecular flexibility index (Phi) is 4.32. The number of amides is 2. The summed E-state index contributed by atoms with van der Waals surface area (Å²) in [4.78, 5) is 26.2. The minimum absolute atomic E-state index is 0.00922. The van der Waals surface area contributed by atoms with E-state index in [1.807, 2.05) is 0 Å². The second-order valence-electron chi connectivity index (χ2n) is 4.91. The molecule has 0 bridgehead atoms. The van der Waals surface area contributed by atoms with Crippen molar-refractivity contribution in [3.05, 3.63) is 24.3 Å². The molecule has 1 aliphatic heterocycles. The summed E-state index contributed by atoms with van der Waals surface area (Å²) < 4.78 is 5.20. The molecule has 114 valence electrons. The van der Waals surface area contributed by atoms with Crippen LogP contribution in [0.5, 0.6) is 5.75 Å². The molecular formula is C14H18N2O5. The van der Waals surface area contributed by atoms with Crippen LogP contribution in [0.15, 0.2) is 24.3 Å². The van der Waals surface area contributed by atoms with Gasteiger partial charge in [0.05, 0.1) is 18.9 Å². The van der Waals surface area contributed by atoms with Gasteiger partial charge in [0.25, 0.3) is 0 Å². The SMILES string of the molecule is COc1ccccc1N(C)C(=O)N1C[C@@H](O)C[C@H]1C(=O)O. The molecule has 1 heterocycles. The number of anilines is 1. The van der Waals surface area contributed by atoms with Gasteiger partial charge in [0.2, 0.25) is 0 Å². The van der Waals surface area contributed by atoms with Gasteiger partial charge in [-0.05, 0) is 12.1 Å². The number of likely N-dealkylation sites (tertiary alicyclic amines) is 1. The molecule has 7 heteroatoms. The van der Waals surface area contributed by atoms with E-state index >= 15 is 0 Å². The second kappa shape index (κ2) is 6.01. The lowest BCUT2D eigenvalue weighted by atomic mass is 10.2. The average Bonchev–Trinajstić information content (AvgIpc) is 2.88. The highest BCUT2D eigenvalue weighted by Crippen LogP contribution is 2.29. The number of β-amino-alcohol motifs (C(OH)–C–C–N with tert-alkyl or cyclic N) is 1. The van der Waals surface area contributed by atoms with E-state index in [0.29, 0.717) is 11.4 Å². The van der Waals surface area contributed by atoms with Crippen LogP contribution in [-0.4, -0.2) is 60.0 Å². The average molecular weight is 294 g/mol. The molecule has 2 amide bonds. The highest BCUT2D eigenvalue weighted by Gasteiger charge is 2.40. The normalized spacial score (nSPS) is 21.2. The van der Waals surface area contributed by atoms with Crippen molar-refractivity contribution < 1.29 is 24.5 Å². The highest BCUT2D eigenvalue weighted by molar-refractivity contribution is 5.95. The molecule has 1 saturated heterocycles. The van der Waals surface area contributed by atoms with E-state index in [1.54, 1.807) is 31.3 Å². The first-order valence-corrected chi connectivity index (χ1v) is 6.54. The first-order valence-electron chi connectivity index (χ1n) is 6.54. The van der Waals surface area contributed by atoms with Crippen molar-refractivity contribution in [2.75, 3.05) is 25.6 Å². The van der Waals surface area contributed by atoms with Gasteiger partial charge in [-0.15, -0.1) is 0 Å². The van der Waals surface area contributed by atoms with Gasteiger partial charge in [0.1, 0.15) is 11.8 Å². The quantitative estimate of drug-likeness (QED) is 0.859. The van der Waals surface area contributed by atoms with Gasteiger partial charge in [0, 0.05) is 20.0 Å². The molecule has 2 atom stereocenters. The summed E-state index contributed by atoms with van der Waals surface area (Å²) >= 11 is 0. The predicted molar refractivity (Wildman–Crippen MR) is 75.5 cm³/mol. The smallest absolute Gasteiger partial charge is 0.326 e. The van der Waals surface area contributed by atoms with Crippen molar-refractivity contribution in [2.24, 2.45) is 0 Å². The molecule has 1 aromatic carbocycles. The number of aliphatic hydroxyl groups is 1. The molecule has 7 nitrogen and oxygen atoms in total. The molecule has 0 aliphatic carbocycles. The molecule has 0 unspecified atom stereocenters. The third-order valence-corrected chi connectivity index (χ3v) is 3.54. The number of hydrogen-bond acceptors (Lipinski definition) is 4. The summed E-state index contributed by atoms with van der Waals surface area (Å²) in [6.45, 7) is 0.00922. The molecule has 1 aliphatic rings. The van der Waals surface area contributed by atoms with Crippen molar-refractivity contribution in [1.82, 2.24) is 4.90 Å². The lowest BCUT2D eigenvalue weighted by Gasteiger charge is -2.28. The van der Waals surface area contributed by atoms with Gasteiger partial charge >= 0.3 is 12.0 Å². The number of aliphatic hydroxyl groups excluding tert-OH is 1. The number of carbonyl (C=O) groups is 2. The van der Waals surface area contributed by atoms with Gasteiger partial charge in [-0.3, -0.25) is 4.90 Å². The van der Waals surface area contributed by atoms with Crippen molar-refractivity contribution >= 4 is 17.7 Å². The number of aliphatic carboxylic acids is 1. The molecule has 0 saturated carbocycles. The largest absolute Gasteiger partial charge is 0.495 e. The fourth-order valence-electron chi connectivity index (χ4n) is 2.46. The van der Waals surface area contributed by atoms with Crippen LogP contribution in [-0.2, 0) is 4.79 Å². The fourth-order valence-corrected chi connectivity index (χ4v) is 2.46. The van der Waals surface area contributed by atoms with Crippen molar-refractivity contribution in [2.45, 2.75) is 18.6 Å². The van der Waals surface area contributed by atoms with Crippen LogP contribution in [0.1, 0.15) is 6.42 Å². The van der Waals surface area contributed by atoms with Crippen LogP contribution in [0, 0.1) is 0 Å². The van der Waals surface area contributed by atoms with Crippen molar-refractivity contribution in [1.29, 1.82) is 0 Å². The van der Waals surface area contributed by atoms with Crippen LogP contribution in [0.2, 0.25) is 0 Å². The molecular weight excluding hydrogens is 276 g/mol. The molecule has 21 heavy (non-hydrogen) atoms. The zero-order chi connectivity index (χ0) is 15.6. The lowest BCUT2D eigenvalue weighted by molar-refractivity contribution is -0.141. The number of methoxy groups -OCH3 is 1. The van der Waals surface area contributed by atoms with E-state index in [2.05, 4.69) is 0 Å². The lowest BCUT2D eigenvalue weighted by Crippen LogP contribution is -2.47. The first-order chi connectivity index (χ1) is 9.95. The van der Waals surface area contributed by atoms with Crippen molar-refractivity contribution in [3.63, 3.8) is 0 Å². The minimum Gasteiger partial charge on any atom is -0.495 e. The van der Waals surface area contributed by atoms with Crippen LogP contribution >= 0.6 is 0 Å². The van der Waals surface area contributed by atoms with Gasteiger partial charge in [-0.1, -0.05) is 12.1 Å². The minimum atomic E-state index is -1.12. The van der Waals surface area contributed by atoms with Gasteiger partial charge in [-0.2, -0.15) is 0 Å². The maximum atomic E-state index is 12.5. The molecule has 1 fully saturated rings. The Bertz CT molecular complexity index is 548. The van der Waals surface area contributed by atoms with E-state index in [0.717, 1.165) is 0 Å². The third-order valence-electron chi connectivity index (χ3n) is 3.54. The van der Waals surface area contributed by atoms with Crippen LogP contribution in [0.25, 0.3) is 0 Å². The maximum Gasteiger partial charge on any atom is 0.326 e. The Morgan fingerprint density at radius 1 is 1.38 bits per heavy atom. The van der Waals surface area contributed by atoms with Crippen molar-refractivity contribution in [3.8, 4) is 5.75 Å². The molecule has 1 aromatic rings. The molecule has 2 rings (SSSR count). The molecule has 0 radical (unpaired) electrons. The van der Waals surface area contributed by atoms with Gasteiger partial charge in [0.15, 0.2) is 0 Å². The Labute approximate surface area is 122 Å². The molecule has 0 spiro atoms. The monoisotopic (exact) mass is 294 g/mol. The van der Waals surface area contributed by atoms with Gasteiger partial charge in [-0.25, -0.2) is 9.59 Å². The summed E-state index contributed by atoms with van der Waals surface area (Å²) in [5.41, 5.74) is 0.538. The van der Waals surface area contributed by atoms with E-state index in [9.17, 15) is 14.7 Å². The predicted octanol–water partition coefficient (Wildman–Crippen LogP) is 0.771. The Morgan fingerprint density at radius 3 is 2.67 bits per heavy atom. The summed E-state index contributed by atoms with van der Waals surface area (Å²) in [5.74, 6) is -0.603. The number of carboxylic acid groups (broad SMARTS) is 1. The fraction of sp³-hybridized carbons (Fsp3) is 0.429. The number of nitrogens with zero attached hydrogens (tertiary/aromatic N) is 2. The summed E-state index contributed by atoms with van der Waals surface area (Å²) in [5, 5.41) is 18.8. The van der Waals surface area contributed by atoms with E-state index in [-0.39, 0.29) is 13.0 Å². The summed E-state index contributed by atoms with van der Waals surface area (Å²) in [6.07, 6.45) is -0.776. The van der Waals surface area contributed by atoms with E-state index in [1.165, 1.54) is 16.9 Å². The highest BCUT2D eigenvalue weighted by atomic mass is 16.5. The zero-order valence-corrected chi connectivity index (χ0v) is 11.9. The number of ether oxygens (including phenoxy) is 1. The van der Waals surface area contributed by atoms with Crippen LogP contribution in [0.3, 0.4) is 0 Å². The number of benzene rings is 1. The van der Waals surface area contributed by atoms with Gasteiger partial charge < -0.3 is 19.8 Å². The number of rotatable bonds is 3. The number of carbonyl (C=O) groups excluding carboxylic acids is 1. The number of carboxylic acids is 1. The number of urea groups is 1. The van der Waals surface area contributed by atoms with E-state index < -0.39 is 24.1 Å². The second-order valence-corrected chi connectivity index (χ2v) is 4.91. The maximum absolute atomic E-state index is 12.5. The third kappa shape index (κ3) is 2.92. The molecule has 0 aromatic heterocycles. The summed E-state index contributed by atoms with van der Waals surface area (Å²) in [6, 6.07) is 5.47. The van der Waals surface area contributed by atoms with E-state index in [4.69, 9.17) is 9.84 Å². The molecule has 2 N–H and O–H groups in total. The first kappa shape index (κ1) is 15.1. The topological polar surface area (TPSA) is 90.3 Å². The summed E-state index contributed by atoms with van der Waals surface area (Å²) in [7, 11) is 3.04. The standard InChI is InChI=1S/C14H18N2O5/c1-15(10-5-3-4-6-12(10)21-2)14(20)16-8-9(17)7-11(16)13(18)19/h3-6,9,11,17H,7-8H2,1-2H3,(H,18,19)/t9-,11-/m0/s1. The zero-order valence-electron chi connectivity index (χ0n) is 11.9. The number of para-hydroxylation sites is 2. The Hall–Kier alpha value is -2.28. The van der Waals surface area contributed by atoms with Crippen LogP contribution < -0.4 is 9.64 Å². The Morgan fingerprint density at radius 2 is 2.05 bits per heavy atom. The van der Waals surface area contributed by atoms with Crippen LogP contribution in [0.4, 0.5) is 10.5 Å². The Balaban J connectivity index is 2.24.